The van der Waals surface area contributed by atoms with Gasteiger partial charge in [-0.25, -0.2) is 4.79 Å². The maximum absolute atomic E-state index is 11.3. The van der Waals surface area contributed by atoms with Crippen LogP contribution in [0.5, 0.6) is 0 Å². The third-order valence-corrected chi connectivity index (χ3v) is 2.60. The summed E-state index contributed by atoms with van der Waals surface area (Å²) in [5.74, 6) is -0.972. The van der Waals surface area contributed by atoms with Crippen molar-refractivity contribution in [2.45, 2.75) is 25.7 Å². The van der Waals surface area contributed by atoms with E-state index in [1.165, 1.54) is 6.20 Å². The molecule has 1 aliphatic carbocycles. The van der Waals surface area contributed by atoms with Crippen LogP contribution < -0.4 is 5.06 Å². The molecule has 13 heavy (non-hydrogen) atoms. The van der Waals surface area contributed by atoms with E-state index in [1.54, 1.807) is 0 Å². The van der Waals surface area contributed by atoms with Crippen molar-refractivity contribution in [2.75, 3.05) is 0 Å². The summed E-state index contributed by atoms with van der Waals surface area (Å²) < 4.78 is 0. The first-order valence-corrected chi connectivity index (χ1v) is 4.42. The lowest BCUT2D eigenvalue weighted by Gasteiger charge is -2.20. The number of hydrogen-bond donors (Lipinski definition) is 2. The molecule has 0 amide bonds. The molecular weight excluding hydrogens is 170 g/mol. The third kappa shape index (κ3) is 1.28. The van der Waals surface area contributed by atoms with Gasteiger partial charge in [-0.1, -0.05) is 0 Å². The number of hydrogen-bond acceptors (Lipinski definition) is 2. The van der Waals surface area contributed by atoms with E-state index in [0.717, 1.165) is 37.0 Å². The molecule has 0 saturated heterocycles. The molecular formula is C9H11NO3. The number of nitrogens with one attached hydrogen (secondary N) is 1. The highest BCUT2D eigenvalue weighted by molar-refractivity contribution is 5.92. The molecule has 2 rings (SSSR count). The maximum atomic E-state index is 11.3. The third-order valence-electron chi connectivity index (χ3n) is 2.60. The largest absolute Gasteiger partial charge is 0.624 e. The van der Waals surface area contributed by atoms with Crippen molar-refractivity contribution in [1.82, 2.24) is 0 Å². The molecule has 0 aromatic carbocycles. The number of rotatable bonds is 1. The number of quaternary nitrogens is 1. The molecule has 0 fully saturated rings. The average molecular weight is 181 g/mol. The molecule has 4 heteroatoms. The molecule has 1 aliphatic heterocycles. The fraction of sp³-hybridized carbons (Fsp3) is 0.444. The zero-order valence-corrected chi connectivity index (χ0v) is 7.17. The summed E-state index contributed by atoms with van der Waals surface area (Å²) in [6, 6.07) is 0. The minimum Gasteiger partial charge on any atom is -0.624 e. The topological polar surface area (TPSA) is 64.8 Å². The standard InChI is InChI=1S/C9H11NO3/c11-9(12)7-5-10(13)8-4-2-1-3-6(7)8/h5,10H,1-4H2,(H,11,12). The number of hydroxylamine groups is 2. The van der Waals surface area contributed by atoms with Crippen molar-refractivity contribution in [1.29, 1.82) is 0 Å². The predicted octanol–water partition coefficient (Wildman–Crippen LogP) is 0.179. The fourth-order valence-corrected chi connectivity index (χ4v) is 1.97. The zero-order valence-electron chi connectivity index (χ0n) is 7.17. The molecule has 2 aliphatic rings. The summed E-state index contributed by atoms with van der Waals surface area (Å²) in [5, 5.41) is 20.1. The molecule has 0 bridgehead atoms. The van der Waals surface area contributed by atoms with Gasteiger partial charge in [0, 0.05) is 12.0 Å². The Bertz CT molecular complexity index is 317. The molecule has 4 nitrogen and oxygen atoms in total. The SMILES string of the molecule is O=C(O)C1=C[NH+]([O-])C2=C1CCCC2. The number of carboxylic acids is 1. The van der Waals surface area contributed by atoms with Crippen molar-refractivity contribution in [3.05, 3.63) is 28.3 Å². The molecule has 0 spiro atoms. The van der Waals surface area contributed by atoms with Gasteiger partial charge >= 0.3 is 5.97 Å². The highest BCUT2D eigenvalue weighted by atomic mass is 16.5. The van der Waals surface area contributed by atoms with Crippen LogP contribution in [-0.2, 0) is 4.79 Å². The van der Waals surface area contributed by atoms with E-state index in [1.807, 2.05) is 0 Å². The highest BCUT2D eigenvalue weighted by Crippen LogP contribution is 2.29. The Morgan fingerprint density at radius 1 is 1.46 bits per heavy atom. The fourth-order valence-electron chi connectivity index (χ4n) is 1.97. The van der Waals surface area contributed by atoms with Crippen molar-refractivity contribution in [3.8, 4) is 0 Å². The molecule has 1 heterocycles. The van der Waals surface area contributed by atoms with Gasteiger partial charge in [0.2, 0.25) is 0 Å². The monoisotopic (exact) mass is 181 g/mol. The van der Waals surface area contributed by atoms with Crippen LogP contribution in [0.3, 0.4) is 0 Å². The van der Waals surface area contributed by atoms with Crippen molar-refractivity contribution >= 4 is 5.97 Å². The molecule has 0 aromatic rings. The Balaban J connectivity index is 2.37. The Kier molecular flexibility index (Phi) is 1.94. The Labute approximate surface area is 75.7 Å². The van der Waals surface area contributed by atoms with Crippen LogP contribution in [0.2, 0.25) is 0 Å². The number of carbonyl (C=O) groups is 1. The summed E-state index contributed by atoms with van der Waals surface area (Å²) in [7, 11) is 0. The van der Waals surface area contributed by atoms with Crippen molar-refractivity contribution in [3.63, 3.8) is 0 Å². The van der Waals surface area contributed by atoms with Crippen LogP contribution in [0, 0.1) is 5.21 Å². The first kappa shape index (κ1) is 8.47. The minimum absolute atomic E-state index is 0.0906. The van der Waals surface area contributed by atoms with Crippen LogP contribution >= 0.6 is 0 Å². The highest BCUT2D eigenvalue weighted by Gasteiger charge is 2.30. The Morgan fingerprint density at radius 2 is 2.15 bits per heavy atom. The van der Waals surface area contributed by atoms with Crippen molar-refractivity contribution in [2.24, 2.45) is 0 Å². The van der Waals surface area contributed by atoms with E-state index >= 15 is 0 Å². The molecule has 2 N–H and O–H groups in total. The second-order valence-electron chi connectivity index (χ2n) is 3.39. The molecule has 1 atom stereocenters. The van der Waals surface area contributed by atoms with Crippen LogP contribution in [-0.4, -0.2) is 11.1 Å². The van der Waals surface area contributed by atoms with E-state index in [0.29, 0.717) is 0 Å². The van der Waals surface area contributed by atoms with Gasteiger partial charge in [0.05, 0.1) is 0 Å². The predicted molar refractivity (Wildman–Crippen MR) is 45.5 cm³/mol. The van der Waals surface area contributed by atoms with E-state index in [-0.39, 0.29) is 10.6 Å². The molecule has 0 radical (unpaired) electrons. The average Bonchev–Trinajstić information content (AvgIpc) is 2.45. The van der Waals surface area contributed by atoms with E-state index in [4.69, 9.17) is 5.11 Å². The second kappa shape index (κ2) is 2.97. The van der Waals surface area contributed by atoms with Gasteiger partial charge < -0.3 is 15.4 Å². The van der Waals surface area contributed by atoms with E-state index in [2.05, 4.69) is 0 Å². The van der Waals surface area contributed by atoms with Gasteiger partial charge in [-0.3, -0.25) is 0 Å². The summed E-state index contributed by atoms with van der Waals surface area (Å²) in [6.45, 7) is 0. The Morgan fingerprint density at radius 3 is 2.85 bits per heavy atom. The van der Waals surface area contributed by atoms with E-state index < -0.39 is 5.97 Å². The lowest BCUT2D eigenvalue weighted by atomic mass is 9.93. The molecule has 70 valence electrons. The van der Waals surface area contributed by atoms with Gasteiger partial charge in [-0.15, -0.1) is 0 Å². The Hall–Kier alpha value is -1.13. The second-order valence-corrected chi connectivity index (χ2v) is 3.39. The quantitative estimate of drug-likeness (QED) is 0.567. The number of allylic oxidation sites excluding steroid dienone is 1. The first-order chi connectivity index (χ1) is 6.20. The van der Waals surface area contributed by atoms with E-state index in [9.17, 15) is 10.0 Å². The summed E-state index contributed by atoms with van der Waals surface area (Å²) in [5.41, 5.74) is 1.74. The lowest BCUT2D eigenvalue weighted by Crippen LogP contribution is -2.99. The maximum Gasteiger partial charge on any atom is 0.341 e. The van der Waals surface area contributed by atoms with Crippen LogP contribution in [0.4, 0.5) is 0 Å². The zero-order chi connectivity index (χ0) is 9.42. The lowest BCUT2D eigenvalue weighted by molar-refractivity contribution is -0.746. The smallest absolute Gasteiger partial charge is 0.341 e. The molecule has 0 saturated carbocycles. The van der Waals surface area contributed by atoms with Gasteiger partial charge in [-0.05, 0) is 19.3 Å². The van der Waals surface area contributed by atoms with Crippen LogP contribution in [0.15, 0.2) is 23.0 Å². The van der Waals surface area contributed by atoms with Gasteiger partial charge in [-0.2, -0.15) is 0 Å². The summed E-state index contributed by atoms with van der Waals surface area (Å²) >= 11 is 0. The van der Waals surface area contributed by atoms with Crippen LogP contribution in [0.25, 0.3) is 0 Å². The van der Waals surface area contributed by atoms with Crippen molar-refractivity contribution < 1.29 is 15.0 Å². The normalized spacial score (nSPS) is 27.2. The van der Waals surface area contributed by atoms with Crippen LogP contribution in [0.1, 0.15) is 25.7 Å². The van der Waals surface area contributed by atoms with Gasteiger partial charge in [0.15, 0.2) is 0 Å². The first-order valence-electron chi connectivity index (χ1n) is 4.42. The van der Waals surface area contributed by atoms with Gasteiger partial charge in [0.25, 0.3) is 0 Å². The summed E-state index contributed by atoms with van der Waals surface area (Å²) in [6.07, 6.45) is 4.76. The minimum atomic E-state index is -0.972. The summed E-state index contributed by atoms with van der Waals surface area (Å²) in [4.78, 5) is 10.7. The van der Waals surface area contributed by atoms with Gasteiger partial charge in [0.1, 0.15) is 17.5 Å². The molecule has 0 aromatic heterocycles. The number of aliphatic carboxylic acids is 1. The molecule has 1 unspecified atom stereocenters. The number of carboxylic acid groups (broad SMARTS) is 1.